The van der Waals surface area contributed by atoms with E-state index in [-0.39, 0.29) is 11.9 Å². The molecular formula is C28H30F2N8O. The van der Waals surface area contributed by atoms with Crippen LogP contribution in [0.2, 0.25) is 0 Å². The number of aromatic nitrogens is 4. The zero-order valence-corrected chi connectivity index (χ0v) is 21.7. The summed E-state index contributed by atoms with van der Waals surface area (Å²) in [6.45, 7) is 5.58. The zero-order valence-electron chi connectivity index (χ0n) is 21.7. The maximum absolute atomic E-state index is 14.6. The molecule has 1 unspecified atom stereocenters. The van der Waals surface area contributed by atoms with Gasteiger partial charge in [-0.15, -0.1) is 0 Å². The molecule has 1 N–H and O–H groups in total. The average Bonchev–Trinajstić information content (AvgIpc) is 3.59. The summed E-state index contributed by atoms with van der Waals surface area (Å²) in [5, 5.41) is 7.18. The van der Waals surface area contributed by atoms with Crippen molar-refractivity contribution < 1.29 is 13.6 Å². The van der Waals surface area contributed by atoms with E-state index < -0.39 is 11.6 Å². The summed E-state index contributed by atoms with van der Waals surface area (Å²) in [5.74, 6) is -0.655. The molecule has 1 atom stereocenters. The number of nitrogens with one attached hydrogen (secondary N) is 1. The van der Waals surface area contributed by atoms with Crippen molar-refractivity contribution in [2.24, 2.45) is 0 Å². The molecule has 9 nitrogen and oxygen atoms in total. The molecule has 39 heavy (non-hydrogen) atoms. The van der Waals surface area contributed by atoms with Crippen molar-refractivity contribution >= 4 is 23.1 Å². The third-order valence-electron chi connectivity index (χ3n) is 7.53. The SMILES string of the molecule is CN1CCN(Cc2ccc(C(=O)Nc3cnn4ccc(N5CCCC5c5cc(F)ccc5F)nc34)nc2)CC1. The summed E-state index contributed by atoms with van der Waals surface area (Å²) in [6.07, 6.45) is 6.55. The van der Waals surface area contributed by atoms with Crippen LogP contribution in [0.5, 0.6) is 0 Å². The Morgan fingerprint density at radius 1 is 1.05 bits per heavy atom. The van der Waals surface area contributed by atoms with Crippen LogP contribution in [0.4, 0.5) is 20.3 Å². The molecule has 0 radical (unpaired) electrons. The second kappa shape index (κ2) is 10.7. The Labute approximate surface area is 225 Å². The Balaban J connectivity index is 1.18. The number of rotatable bonds is 6. The van der Waals surface area contributed by atoms with Gasteiger partial charge in [-0.05, 0) is 55.8 Å². The number of amides is 1. The Hall–Kier alpha value is -3.96. The van der Waals surface area contributed by atoms with Crippen LogP contribution in [0.25, 0.3) is 5.65 Å². The zero-order chi connectivity index (χ0) is 26.9. The van der Waals surface area contributed by atoms with Gasteiger partial charge < -0.3 is 15.1 Å². The van der Waals surface area contributed by atoms with E-state index in [9.17, 15) is 13.6 Å². The minimum absolute atomic E-state index is 0.300. The molecule has 4 aromatic rings. The second-order valence-electron chi connectivity index (χ2n) is 10.2. The number of nitrogens with zero attached hydrogens (tertiary/aromatic N) is 7. The van der Waals surface area contributed by atoms with Crippen molar-refractivity contribution in [2.45, 2.75) is 25.4 Å². The van der Waals surface area contributed by atoms with E-state index in [1.54, 1.807) is 35.2 Å². The van der Waals surface area contributed by atoms with E-state index in [4.69, 9.17) is 4.98 Å². The molecule has 2 saturated heterocycles. The van der Waals surface area contributed by atoms with Crippen molar-refractivity contribution in [1.29, 1.82) is 0 Å². The summed E-state index contributed by atoms with van der Waals surface area (Å²) in [6, 6.07) is 8.67. The molecule has 0 spiro atoms. The van der Waals surface area contributed by atoms with Crippen LogP contribution in [-0.2, 0) is 6.54 Å². The molecule has 1 amide bonds. The van der Waals surface area contributed by atoms with Crippen LogP contribution in [0.15, 0.2) is 55.0 Å². The fourth-order valence-corrected chi connectivity index (χ4v) is 5.34. The first kappa shape index (κ1) is 25.3. The summed E-state index contributed by atoms with van der Waals surface area (Å²) in [7, 11) is 2.13. The molecule has 0 bridgehead atoms. The highest BCUT2D eigenvalue weighted by atomic mass is 19.1. The fraction of sp³-hybridized carbons (Fsp3) is 0.357. The Bertz CT molecular complexity index is 1480. The first-order valence-electron chi connectivity index (χ1n) is 13.2. The van der Waals surface area contributed by atoms with E-state index in [1.807, 2.05) is 11.0 Å². The lowest BCUT2D eigenvalue weighted by Crippen LogP contribution is -2.43. The molecule has 5 heterocycles. The number of pyridine rings is 1. The largest absolute Gasteiger partial charge is 0.349 e. The van der Waals surface area contributed by atoms with E-state index in [0.29, 0.717) is 41.4 Å². The first-order valence-corrected chi connectivity index (χ1v) is 13.2. The van der Waals surface area contributed by atoms with Crippen LogP contribution in [0.1, 0.15) is 40.5 Å². The number of hydrogen-bond acceptors (Lipinski definition) is 7. The van der Waals surface area contributed by atoms with E-state index in [1.165, 1.54) is 6.07 Å². The van der Waals surface area contributed by atoms with Crippen LogP contribution in [0.3, 0.4) is 0 Å². The van der Waals surface area contributed by atoms with Crippen LogP contribution < -0.4 is 10.2 Å². The molecule has 202 valence electrons. The summed E-state index contributed by atoms with van der Waals surface area (Å²) in [4.78, 5) is 28.8. The standard InChI is InChI=1S/C28H30F2N8O/c1-35-11-13-36(14-12-35)18-19-4-7-23(31-16-19)28(39)33-24-17-32-38-10-8-26(34-27(24)38)37-9-2-3-25(37)21-15-20(29)5-6-22(21)30/h4-8,10,15-17,25H,2-3,9,11-14,18H2,1H3,(H,33,39). The lowest BCUT2D eigenvalue weighted by molar-refractivity contribution is 0.102. The van der Waals surface area contributed by atoms with Crippen LogP contribution in [-0.4, -0.2) is 75.1 Å². The third kappa shape index (κ3) is 5.32. The lowest BCUT2D eigenvalue weighted by Gasteiger charge is -2.32. The number of carbonyl (C=O) groups is 1. The van der Waals surface area contributed by atoms with Gasteiger partial charge in [0.25, 0.3) is 5.91 Å². The van der Waals surface area contributed by atoms with E-state index in [2.05, 4.69) is 32.2 Å². The number of carbonyl (C=O) groups excluding carboxylic acids is 1. The van der Waals surface area contributed by atoms with Gasteiger partial charge in [0.2, 0.25) is 0 Å². The summed E-state index contributed by atoms with van der Waals surface area (Å²) in [5.41, 5.74) is 2.58. The molecule has 2 aliphatic rings. The van der Waals surface area contributed by atoms with Gasteiger partial charge in [0.1, 0.15) is 28.8 Å². The number of piperazine rings is 1. The molecule has 2 fully saturated rings. The van der Waals surface area contributed by atoms with Gasteiger partial charge in [-0.1, -0.05) is 6.07 Å². The lowest BCUT2D eigenvalue weighted by atomic mass is 10.0. The fourth-order valence-electron chi connectivity index (χ4n) is 5.34. The predicted octanol–water partition coefficient (Wildman–Crippen LogP) is 3.74. The first-order chi connectivity index (χ1) is 18.9. The molecule has 1 aromatic carbocycles. The highest BCUT2D eigenvalue weighted by molar-refractivity contribution is 6.04. The van der Waals surface area contributed by atoms with Gasteiger partial charge in [0.05, 0.1) is 12.2 Å². The number of anilines is 2. The molecule has 0 aliphatic carbocycles. The van der Waals surface area contributed by atoms with Crippen molar-refractivity contribution in [3.63, 3.8) is 0 Å². The Morgan fingerprint density at radius 2 is 1.90 bits per heavy atom. The maximum Gasteiger partial charge on any atom is 0.274 e. The van der Waals surface area contributed by atoms with Gasteiger partial charge in [-0.3, -0.25) is 14.7 Å². The molecule has 2 aliphatic heterocycles. The Kier molecular flexibility index (Phi) is 6.92. The second-order valence-corrected chi connectivity index (χ2v) is 10.2. The van der Waals surface area contributed by atoms with Crippen molar-refractivity contribution in [2.75, 3.05) is 50.0 Å². The number of benzene rings is 1. The quantitative estimate of drug-likeness (QED) is 0.405. The van der Waals surface area contributed by atoms with Gasteiger partial charge in [0.15, 0.2) is 5.65 Å². The van der Waals surface area contributed by atoms with Gasteiger partial charge in [-0.25, -0.2) is 18.3 Å². The normalized spacial score (nSPS) is 18.6. The molecule has 6 rings (SSSR count). The number of halogens is 2. The molecule has 11 heteroatoms. The topological polar surface area (TPSA) is 81.9 Å². The number of fused-ring (bicyclic) bond motifs is 1. The summed E-state index contributed by atoms with van der Waals surface area (Å²) < 4.78 is 30.0. The summed E-state index contributed by atoms with van der Waals surface area (Å²) >= 11 is 0. The van der Waals surface area contributed by atoms with Gasteiger partial charge in [-0.2, -0.15) is 5.10 Å². The van der Waals surface area contributed by atoms with Gasteiger partial charge in [0, 0.05) is 57.2 Å². The third-order valence-corrected chi connectivity index (χ3v) is 7.53. The van der Waals surface area contributed by atoms with Crippen molar-refractivity contribution in [3.05, 3.63) is 83.4 Å². The molecular weight excluding hydrogens is 502 g/mol. The smallest absolute Gasteiger partial charge is 0.274 e. The monoisotopic (exact) mass is 532 g/mol. The van der Waals surface area contributed by atoms with Crippen molar-refractivity contribution in [3.8, 4) is 0 Å². The number of hydrogen-bond donors (Lipinski definition) is 1. The highest BCUT2D eigenvalue weighted by Gasteiger charge is 2.30. The van der Waals surface area contributed by atoms with E-state index in [0.717, 1.165) is 56.8 Å². The van der Waals surface area contributed by atoms with Crippen molar-refractivity contribution in [1.82, 2.24) is 29.4 Å². The molecule has 3 aromatic heterocycles. The molecule has 0 saturated carbocycles. The van der Waals surface area contributed by atoms with Crippen LogP contribution >= 0.6 is 0 Å². The highest BCUT2D eigenvalue weighted by Crippen LogP contribution is 2.37. The van der Waals surface area contributed by atoms with Crippen LogP contribution in [0, 0.1) is 11.6 Å². The minimum atomic E-state index is -0.469. The Morgan fingerprint density at radius 3 is 2.69 bits per heavy atom. The number of likely N-dealkylation sites (N-methyl/N-ethyl adjacent to an activating group) is 1. The predicted molar refractivity (Wildman–Crippen MR) is 144 cm³/mol. The minimum Gasteiger partial charge on any atom is -0.349 e. The van der Waals surface area contributed by atoms with E-state index >= 15 is 0 Å². The maximum atomic E-state index is 14.6. The average molecular weight is 533 g/mol. The van der Waals surface area contributed by atoms with Gasteiger partial charge >= 0.3 is 0 Å².